The molecule has 0 unspecified atom stereocenters. The number of hydrogen-bond donors (Lipinski definition) is 1. The highest BCUT2D eigenvalue weighted by molar-refractivity contribution is 6.68. The molecule has 0 radical (unpaired) electrons. The molecule has 0 aliphatic heterocycles. The lowest BCUT2D eigenvalue weighted by Crippen LogP contribution is -2.09. The minimum Gasteiger partial charge on any atom is -0.496 e. The number of pyridine rings is 2. The van der Waals surface area contributed by atoms with E-state index < -0.39 is 16.9 Å². The fourth-order valence-electron chi connectivity index (χ4n) is 3.11. The predicted molar refractivity (Wildman–Crippen MR) is 113 cm³/mol. The molecular weight excluding hydrogens is 412 g/mol. The number of methoxy groups -OCH3 is 1. The van der Waals surface area contributed by atoms with E-state index in [1.54, 1.807) is 12.3 Å². The number of benzene rings is 1. The monoisotopic (exact) mass is 431 g/mol. The van der Waals surface area contributed by atoms with Crippen molar-refractivity contribution in [1.82, 2.24) is 9.97 Å². The van der Waals surface area contributed by atoms with Gasteiger partial charge in [0.25, 0.3) is 5.24 Å². The molecule has 3 aromatic rings. The maximum Gasteiger partial charge on any atom is 0.256 e. The highest BCUT2D eigenvalue weighted by Crippen LogP contribution is 2.36. The van der Waals surface area contributed by atoms with E-state index in [2.05, 4.69) is 15.3 Å². The number of hydrogen-bond acceptors (Lipinski definition) is 5. The first kappa shape index (κ1) is 21.6. The molecule has 8 heteroatoms. The molecule has 2 aromatic heterocycles. The molecule has 0 aliphatic rings. The van der Waals surface area contributed by atoms with Gasteiger partial charge in [-0.2, -0.15) is 0 Å². The molecule has 0 atom stereocenters. The van der Waals surface area contributed by atoms with Crippen LogP contribution in [0.1, 0.15) is 41.4 Å². The maximum absolute atomic E-state index is 14.9. The summed E-state index contributed by atoms with van der Waals surface area (Å²) < 4.78 is 34.6. The first-order valence-electron chi connectivity index (χ1n) is 9.20. The summed E-state index contributed by atoms with van der Waals surface area (Å²) in [4.78, 5) is 20.6. The van der Waals surface area contributed by atoms with Gasteiger partial charge in [0.15, 0.2) is 5.82 Å². The number of rotatable bonds is 6. The summed E-state index contributed by atoms with van der Waals surface area (Å²) in [7, 11) is 1.35. The van der Waals surface area contributed by atoms with E-state index in [9.17, 15) is 13.6 Å². The van der Waals surface area contributed by atoms with Gasteiger partial charge in [-0.3, -0.25) is 9.78 Å². The number of nitrogens with one attached hydrogen (secondary N) is 1. The zero-order chi connectivity index (χ0) is 22.0. The Balaban J connectivity index is 2.24. The van der Waals surface area contributed by atoms with Crippen LogP contribution in [-0.4, -0.2) is 22.3 Å². The fourth-order valence-corrected chi connectivity index (χ4v) is 3.26. The van der Waals surface area contributed by atoms with Crippen molar-refractivity contribution in [1.29, 1.82) is 0 Å². The van der Waals surface area contributed by atoms with Crippen LogP contribution in [0.25, 0.3) is 11.3 Å². The molecule has 0 amide bonds. The third-order valence-electron chi connectivity index (χ3n) is 4.60. The van der Waals surface area contributed by atoms with Crippen LogP contribution < -0.4 is 10.1 Å². The number of carbonyl (C=O) groups excluding carboxylic acids is 1. The molecule has 5 nitrogen and oxygen atoms in total. The number of carbonyl (C=O) groups is 1. The van der Waals surface area contributed by atoms with E-state index in [1.807, 2.05) is 20.8 Å². The molecule has 0 aliphatic carbocycles. The van der Waals surface area contributed by atoms with Gasteiger partial charge in [0.05, 0.1) is 29.6 Å². The Morgan fingerprint density at radius 3 is 2.57 bits per heavy atom. The third-order valence-corrected chi connectivity index (χ3v) is 4.80. The standard InChI is InChI=1S/C22H20ClF2N3O2/c1-11(2)18-19(12(3)8-9-26-18)27-22-13(21(23)29)10-15(25)20(28-22)17-14(24)6-5-7-16(17)30-4/h5-11H,1-4H3,(H,27,28). The molecule has 0 saturated carbocycles. The topological polar surface area (TPSA) is 64.1 Å². The van der Waals surface area contributed by atoms with Crippen LogP contribution in [0.3, 0.4) is 0 Å². The Kier molecular flexibility index (Phi) is 6.31. The van der Waals surface area contributed by atoms with E-state index in [0.717, 1.165) is 17.3 Å². The summed E-state index contributed by atoms with van der Waals surface area (Å²) in [5, 5.41) is 2.16. The van der Waals surface area contributed by atoms with Crippen LogP contribution in [-0.2, 0) is 0 Å². The maximum atomic E-state index is 14.9. The number of anilines is 2. The normalized spacial score (nSPS) is 10.9. The van der Waals surface area contributed by atoms with E-state index in [1.165, 1.54) is 25.3 Å². The first-order chi connectivity index (χ1) is 14.2. The Hall–Kier alpha value is -3.06. The fraction of sp³-hybridized carbons (Fsp3) is 0.227. The summed E-state index contributed by atoms with van der Waals surface area (Å²) in [5.41, 5.74) is 1.57. The quantitative estimate of drug-likeness (QED) is 0.486. The van der Waals surface area contributed by atoms with E-state index in [-0.39, 0.29) is 34.3 Å². The van der Waals surface area contributed by atoms with Crippen molar-refractivity contribution in [3.8, 4) is 17.0 Å². The van der Waals surface area contributed by atoms with Crippen molar-refractivity contribution in [2.45, 2.75) is 26.7 Å². The predicted octanol–water partition coefficient (Wildman–Crippen LogP) is 5.98. The van der Waals surface area contributed by atoms with Crippen LogP contribution >= 0.6 is 11.6 Å². The molecule has 1 N–H and O–H groups in total. The number of aryl methyl sites for hydroxylation is 1. The Bertz CT molecular complexity index is 1120. The second kappa shape index (κ2) is 8.75. The van der Waals surface area contributed by atoms with Crippen molar-refractivity contribution >= 4 is 28.3 Å². The van der Waals surface area contributed by atoms with Crippen LogP contribution in [0.2, 0.25) is 0 Å². The number of halogens is 3. The molecular formula is C22H20ClF2N3O2. The summed E-state index contributed by atoms with van der Waals surface area (Å²) >= 11 is 5.68. The second-order valence-electron chi connectivity index (χ2n) is 6.97. The average molecular weight is 432 g/mol. The van der Waals surface area contributed by atoms with Crippen molar-refractivity contribution in [3.05, 3.63) is 65.0 Å². The van der Waals surface area contributed by atoms with E-state index >= 15 is 0 Å². The SMILES string of the molecule is COc1cccc(F)c1-c1nc(Nc2c(C)ccnc2C(C)C)c(C(=O)Cl)cc1F. The van der Waals surface area contributed by atoms with Crippen molar-refractivity contribution in [2.75, 3.05) is 12.4 Å². The summed E-state index contributed by atoms with van der Waals surface area (Å²) in [6.07, 6.45) is 1.68. The van der Waals surface area contributed by atoms with Crippen molar-refractivity contribution in [2.24, 2.45) is 0 Å². The van der Waals surface area contributed by atoms with Gasteiger partial charge in [0, 0.05) is 6.20 Å². The minimum absolute atomic E-state index is 0.00490. The highest BCUT2D eigenvalue weighted by Gasteiger charge is 2.23. The van der Waals surface area contributed by atoms with Crippen LogP contribution in [0.4, 0.5) is 20.3 Å². The molecule has 0 spiro atoms. The lowest BCUT2D eigenvalue weighted by atomic mass is 10.0. The van der Waals surface area contributed by atoms with Crippen LogP contribution in [0.5, 0.6) is 5.75 Å². The lowest BCUT2D eigenvalue weighted by Gasteiger charge is -2.18. The molecule has 0 fully saturated rings. The van der Waals surface area contributed by atoms with Gasteiger partial charge >= 0.3 is 0 Å². The van der Waals surface area contributed by atoms with Gasteiger partial charge in [-0.15, -0.1) is 0 Å². The van der Waals surface area contributed by atoms with Crippen LogP contribution in [0, 0.1) is 18.6 Å². The molecule has 30 heavy (non-hydrogen) atoms. The molecule has 2 heterocycles. The Morgan fingerprint density at radius 1 is 1.20 bits per heavy atom. The summed E-state index contributed by atoms with van der Waals surface area (Å²) in [5.74, 6) is -1.45. The van der Waals surface area contributed by atoms with Gasteiger partial charge in [0.2, 0.25) is 0 Å². The van der Waals surface area contributed by atoms with E-state index in [4.69, 9.17) is 16.3 Å². The molecule has 0 bridgehead atoms. The Labute approximate surface area is 178 Å². The van der Waals surface area contributed by atoms with Gasteiger partial charge in [-0.05, 0) is 54.3 Å². The van der Waals surface area contributed by atoms with Crippen molar-refractivity contribution < 1.29 is 18.3 Å². The van der Waals surface area contributed by atoms with E-state index in [0.29, 0.717) is 5.69 Å². The number of aromatic nitrogens is 2. The second-order valence-corrected chi connectivity index (χ2v) is 7.32. The van der Waals surface area contributed by atoms with Crippen molar-refractivity contribution in [3.63, 3.8) is 0 Å². The number of nitrogens with zero attached hydrogens (tertiary/aromatic N) is 2. The highest BCUT2D eigenvalue weighted by atomic mass is 35.5. The zero-order valence-corrected chi connectivity index (χ0v) is 17.6. The largest absolute Gasteiger partial charge is 0.496 e. The summed E-state index contributed by atoms with van der Waals surface area (Å²) in [6, 6.07) is 6.84. The Morgan fingerprint density at radius 2 is 1.93 bits per heavy atom. The molecule has 3 rings (SSSR count). The zero-order valence-electron chi connectivity index (χ0n) is 16.9. The smallest absolute Gasteiger partial charge is 0.256 e. The van der Waals surface area contributed by atoms with Crippen LogP contribution in [0.15, 0.2) is 36.5 Å². The van der Waals surface area contributed by atoms with Gasteiger partial charge < -0.3 is 10.1 Å². The minimum atomic E-state index is -0.903. The average Bonchev–Trinajstić information content (AvgIpc) is 2.70. The molecule has 156 valence electrons. The molecule has 0 saturated heterocycles. The van der Waals surface area contributed by atoms with Gasteiger partial charge in [0.1, 0.15) is 23.1 Å². The number of ether oxygens (including phenoxy) is 1. The van der Waals surface area contributed by atoms with Gasteiger partial charge in [-0.1, -0.05) is 19.9 Å². The summed E-state index contributed by atoms with van der Waals surface area (Å²) in [6.45, 7) is 5.80. The first-order valence-corrected chi connectivity index (χ1v) is 9.58. The van der Waals surface area contributed by atoms with Gasteiger partial charge in [-0.25, -0.2) is 13.8 Å². The lowest BCUT2D eigenvalue weighted by molar-refractivity contribution is 0.108. The molecule has 1 aromatic carbocycles. The third kappa shape index (κ3) is 4.11.